The first kappa shape index (κ1) is 9.51. The zero-order valence-corrected chi connectivity index (χ0v) is 6.90. The first-order valence-corrected chi connectivity index (χ1v) is 3.81. The van der Waals surface area contributed by atoms with Gasteiger partial charge in [-0.2, -0.15) is 0 Å². The van der Waals surface area contributed by atoms with Crippen molar-refractivity contribution in [1.29, 1.82) is 0 Å². The second-order valence-corrected chi connectivity index (χ2v) is 2.75. The van der Waals surface area contributed by atoms with Crippen molar-refractivity contribution in [2.75, 3.05) is 5.73 Å². The van der Waals surface area contributed by atoms with E-state index in [0.29, 0.717) is 11.3 Å². The van der Waals surface area contributed by atoms with Crippen LogP contribution in [0.25, 0.3) is 0 Å². The van der Waals surface area contributed by atoms with Crippen LogP contribution in [0.1, 0.15) is 5.56 Å². The predicted molar refractivity (Wildman–Crippen MR) is 47.1 cm³/mol. The normalized spacial score (nSPS) is 12.4. The molecule has 1 aromatic carbocycles. The van der Waals surface area contributed by atoms with Crippen molar-refractivity contribution in [3.63, 3.8) is 0 Å². The van der Waals surface area contributed by atoms with Crippen molar-refractivity contribution in [2.45, 2.75) is 12.6 Å². The third kappa shape index (κ3) is 2.74. The molecule has 70 valence electrons. The predicted octanol–water partition coefficient (Wildman–Crippen LogP) is 1.23. The van der Waals surface area contributed by atoms with Crippen LogP contribution in [0, 0.1) is 0 Å². The Morgan fingerprint density at radius 1 is 1.46 bits per heavy atom. The number of carboxylic acid groups (broad SMARTS) is 1. The highest BCUT2D eigenvalue weighted by Crippen LogP contribution is 2.09. The molecule has 13 heavy (non-hydrogen) atoms. The lowest BCUT2D eigenvalue weighted by molar-refractivity contribution is -0.142. The molecular weight excluding hydrogens is 173 g/mol. The molecule has 0 aromatic heterocycles. The molecule has 0 amide bonds. The van der Waals surface area contributed by atoms with Crippen molar-refractivity contribution < 1.29 is 14.3 Å². The van der Waals surface area contributed by atoms with Gasteiger partial charge in [-0.1, -0.05) is 12.1 Å². The lowest BCUT2D eigenvalue weighted by Crippen LogP contribution is -2.17. The van der Waals surface area contributed by atoms with Gasteiger partial charge in [-0.05, 0) is 17.7 Å². The number of hydrogen-bond acceptors (Lipinski definition) is 2. The fraction of sp³-hybridized carbons (Fsp3) is 0.222. The van der Waals surface area contributed by atoms with Gasteiger partial charge in [0.1, 0.15) is 0 Å². The third-order valence-corrected chi connectivity index (χ3v) is 1.66. The van der Waals surface area contributed by atoms with Crippen molar-refractivity contribution in [1.82, 2.24) is 0 Å². The summed E-state index contributed by atoms with van der Waals surface area (Å²) in [5.41, 5.74) is 6.61. The number of aliphatic carboxylic acids is 1. The van der Waals surface area contributed by atoms with E-state index >= 15 is 0 Å². The van der Waals surface area contributed by atoms with E-state index in [1.54, 1.807) is 24.3 Å². The summed E-state index contributed by atoms with van der Waals surface area (Å²) in [7, 11) is 0. The molecule has 4 heteroatoms. The maximum atomic E-state index is 12.7. The lowest BCUT2D eigenvalue weighted by Gasteiger charge is -2.02. The molecule has 3 nitrogen and oxygen atoms in total. The van der Waals surface area contributed by atoms with Crippen LogP contribution >= 0.6 is 0 Å². The molecule has 0 saturated carbocycles. The molecule has 0 spiro atoms. The standard InChI is InChI=1S/C9H10FNO2/c10-8(9(12)13)5-6-1-3-7(11)4-2-6/h1-4,8H,5,11H2,(H,12,13)/t8-/m0/s1. The summed E-state index contributed by atoms with van der Waals surface area (Å²) < 4.78 is 12.7. The van der Waals surface area contributed by atoms with E-state index in [1.165, 1.54) is 0 Å². The van der Waals surface area contributed by atoms with Crippen LogP contribution in [0.2, 0.25) is 0 Å². The highest BCUT2D eigenvalue weighted by Gasteiger charge is 2.15. The minimum atomic E-state index is -1.84. The molecule has 1 atom stereocenters. The van der Waals surface area contributed by atoms with E-state index in [2.05, 4.69) is 0 Å². The number of alkyl halides is 1. The van der Waals surface area contributed by atoms with Gasteiger partial charge < -0.3 is 10.8 Å². The van der Waals surface area contributed by atoms with Gasteiger partial charge in [0.2, 0.25) is 6.17 Å². The van der Waals surface area contributed by atoms with E-state index in [1.807, 2.05) is 0 Å². The number of hydrogen-bond donors (Lipinski definition) is 2. The van der Waals surface area contributed by atoms with Crippen molar-refractivity contribution in [2.24, 2.45) is 0 Å². The molecule has 0 unspecified atom stereocenters. The molecule has 0 bridgehead atoms. The van der Waals surface area contributed by atoms with Gasteiger partial charge in [-0.25, -0.2) is 9.18 Å². The van der Waals surface area contributed by atoms with Gasteiger partial charge in [0.25, 0.3) is 0 Å². The lowest BCUT2D eigenvalue weighted by atomic mass is 10.1. The first-order chi connectivity index (χ1) is 6.09. The number of rotatable bonds is 3. The van der Waals surface area contributed by atoms with E-state index in [4.69, 9.17) is 10.8 Å². The molecule has 0 radical (unpaired) electrons. The molecule has 3 N–H and O–H groups in total. The molecule has 0 heterocycles. The Morgan fingerprint density at radius 2 is 2.00 bits per heavy atom. The quantitative estimate of drug-likeness (QED) is 0.693. The zero-order valence-electron chi connectivity index (χ0n) is 6.90. The number of halogens is 1. The van der Waals surface area contributed by atoms with Crippen molar-refractivity contribution in [3.8, 4) is 0 Å². The molecule has 0 aliphatic rings. The molecule has 0 fully saturated rings. The topological polar surface area (TPSA) is 63.3 Å². The Labute approximate surface area is 75.0 Å². The van der Waals surface area contributed by atoms with Crippen molar-refractivity contribution >= 4 is 11.7 Å². The average Bonchev–Trinajstić information content (AvgIpc) is 2.08. The first-order valence-electron chi connectivity index (χ1n) is 3.81. The monoisotopic (exact) mass is 183 g/mol. The van der Waals surface area contributed by atoms with Crippen LogP contribution in [0.4, 0.5) is 10.1 Å². The van der Waals surface area contributed by atoms with E-state index in [-0.39, 0.29) is 6.42 Å². The van der Waals surface area contributed by atoms with Gasteiger partial charge in [0, 0.05) is 12.1 Å². The summed E-state index contributed by atoms with van der Waals surface area (Å²) in [5.74, 6) is -1.43. The highest BCUT2D eigenvalue weighted by molar-refractivity contribution is 5.72. The Hall–Kier alpha value is -1.58. The molecule has 1 aromatic rings. The van der Waals surface area contributed by atoms with Crippen molar-refractivity contribution in [3.05, 3.63) is 29.8 Å². The summed E-state index contributed by atoms with van der Waals surface area (Å²) in [4.78, 5) is 10.2. The molecule has 0 aliphatic heterocycles. The van der Waals surface area contributed by atoms with Gasteiger partial charge in [0.05, 0.1) is 0 Å². The van der Waals surface area contributed by atoms with Crippen LogP contribution < -0.4 is 5.73 Å². The number of nitrogens with two attached hydrogens (primary N) is 1. The van der Waals surface area contributed by atoms with Crippen LogP contribution in [-0.2, 0) is 11.2 Å². The molecule has 1 rings (SSSR count). The number of benzene rings is 1. The Balaban J connectivity index is 2.64. The summed E-state index contributed by atoms with van der Waals surface area (Å²) >= 11 is 0. The van der Waals surface area contributed by atoms with E-state index in [9.17, 15) is 9.18 Å². The smallest absolute Gasteiger partial charge is 0.338 e. The molecular formula is C9H10FNO2. The summed E-state index contributed by atoms with van der Waals surface area (Å²) in [5, 5.41) is 8.30. The third-order valence-electron chi connectivity index (χ3n) is 1.66. The summed E-state index contributed by atoms with van der Waals surface area (Å²) in [6.45, 7) is 0. The van der Waals surface area contributed by atoms with Crippen LogP contribution in [0.15, 0.2) is 24.3 Å². The zero-order chi connectivity index (χ0) is 9.84. The summed E-state index contributed by atoms with van der Waals surface area (Å²) in [6, 6.07) is 6.46. The molecule has 0 saturated heterocycles. The second kappa shape index (κ2) is 3.89. The minimum Gasteiger partial charge on any atom is -0.479 e. The maximum absolute atomic E-state index is 12.7. The van der Waals surface area contributed by atoms with Gasteiger partial charge in [0.15, 0.2) is 0 Å². The molecule has 0 aliphatic carbocycles. The average molecular weight is 183 g/mol. The Morgan fingerprint density at radius 3 is 2.46 bits per heavy atom. The minimum absolute atomic E-state index is 0.115. The summed E-state index contributed by atoms with van der Waals surface area (Å²) in [6.07, 6.45) is -1.96. The second-order valence-electron chi connectivity index (χ2n) is 2.75. The number of anilines is 1. The van der Waals surface area contributed by atoms with Crippen LogP contribution in [0.5, 0.6) is 0 Å². The number of carbonyl (C=O) groups is 1. The van der Waals surface area contributed by atoms with Crippen LogP contribution in [-0.4, -0.2) is 17.2 Å². The highest BCUT2D eigenvalue weighted by atomic mass is 19.1. The van der Waals surface area contributed by atoms with Crippen LogP contribution in [0.3, 0.4) is 0 Å². The number of nitrogen functional groups attached to an aromatic ring is 1. The van der Waals surface area contributed by atoms with E-state index < -0.39 is 12.1 Å². The fourth-order valence-electron chi connectivity index (χ4n) is 0.948. The van der Waals surface area contributed by atoms with Gasteiger partial charge >= 0.3 is 5.97 Å². The Bertz CT molecular complexity index is 297. The number of carboxylic acids is 1. The SMILES string of the molecule is Nc1ccc(C[C@H](F)C(=O)O)cc1. The fourth-order valence-corrected chi connectivity index (χ4v) is 0.948. The van der Waals surface area contributed by atoms with E-state index in [0.717, 1.165) is 0 Å². The largest absolute Gasteiger partial charge is 0.479 e. The van der Waals surface area contributed by atoms with Gasteiger partial charge in [-0.15, -0.1) is 0 Å². The Kier molecular flexibility index (Phi) is 2.84. The van der Waals surface area contributed by atoms with Gasteiger partial charge in [-0.3, -0.25) is 0 Å². The maximum Gasteiger partial charge on any atom is 0.338 e.